The molecule has 2 aliphatic rings. The van der Waals surface area contributed by atoms with Crippen molar-refractivity contribution in [3.8, 4) is 0 Å². The van der Waals surface area contributed by atoms with Crippen molar-refractivity contribution in [2.45, 2.75) is 48.6 Å². The molecule has 8 nitrogen and oxygen atoms in total. The van der Waals surface area contributed by atoms with Gasteiger partial charge in [0, 0.05) is 4.75 Å². The number of ether oxygens (including phenoxy) is 1. The molecule has 4 rings (SSSR count). The van der Waals surface area contributed by atoms with Crippen LogP contribution in [0.1, 0.15) is 30.9 Å². The van der Waals surface area contributed by atoms with Crippen molar-refractivity contribution < 1.29 is 29.0 Å². The summed E-state index contributed by atoms with van der Waals surface area (Å²) >= 11 is 2.67. The first kappa shape index (κ1) is 22.3. The van der Waals surface area contributed by atoms with Gasteiger partial charge in [-0.2, -0.15) is 11.3 Å². The quantitative estimate of drug-likeness (QED) is 0.359. The van der Waals surface area contributed by atoms with Crippen LogP contribution in [0.25, 0.3) is 0 Å². The Hall–Kier alpha value is -2.85. The molecule has 2 fully saturated rings. The summed E-state index contributed by atoms with van der Waals surface area (Å²) in [5.74, 6) is -4.12. The maximum Gasteiger partial charge on any atom is 0.327 e. The summed E-state index contributed by atoms with van der Waals surface area (Å²) in [6, 6.07) is 8.93. The Morgan fingerprint density at radius 2 is 1.94 bits per heavy atom. The monoisotopic (exact) mass is 474 g/mol. The molecule has 0 saturated carbocycles. The minimum Gasteiger partial charge on any atom is -0.480 e. The van der Waals surface area contributed by atoms with Crippen LogP contribution in [0.5, 0.6) is 0 Å². The lowest BCUT2D eigenvalue weighted by Gasteiger charge is -2.43. The van der Waals surface area contributed by atoms with Crippen molar-refractivity contribution >= 4 is 46.9 Å². The van der Waals surface area contributed by atoms with E-state index in [9.17, 15) is 24.3 Å². The highest BCUT2D eigenvalue weighted by molar-refractivity contribution is 8.01. The number of thioether (sulfide) groups is 1. The molecule has 2 amide bonds. The number of nitrogens with zero attached hydrogens (tertiary/aromatic N) is 1. The van der Waals surface area contributed by atoms with Crippen molar-refractivity contribution in [1.29, 1.82) is 0 Å². The van der Waals surface area contributed by atoms with Gasteiger partial charge in [0.25, 0.3) is 0 Å². The Bertz CT molecular complexity index is 1040. The van der Waals surface area contributed by atoms with Crippen LogP contribution in [-0.4, -0.2) is 56.0 Å². The number of rotatable bonds is 7. The molecule has 168 valence electrons. The molecule has 2 N–H and O–H groups in total. The van der Waals surface area contributed by atoms with Gasteiger partial charge in [0.2, 0.25) is 11.8 Å². The SMILES string of the molecule is CC1(C)S[C@@H]2[C@@H](NC(=O)C(C(=O)OCc3ccccc3)c3ccsc3)C(=O)N2[C@H]1C(=O)O. The Balaban J connectivity index is 1.48. The molecule has 1 unspecified atom stereocenters. The van der Waals surface area contributed by atoms with Gasteiger partial charge in [-0.1, -0.05) is 30.3 Å². The molecule has 1 aromatic carbocycles. The highest BCUT2D eigenvalue weighted by Crippen LogP contribution is 2.50. The van der Waals surface area contributed by atoms with Crippen LogP contribution in [0.15, 0.2) is 47.2 Å². The van der Waals surface area contributed by atoms with Gasteiger partial charge in [0.05, 0.1) is 0 Å². The highest BCUT2D eigenvalue weighted by Gasteiger charge is 2.64. The zero-order valence-electron chi connectivity index (χ0n) is 17.4. The summed E-state index contributed by atoms with van der Waals surface area (Å²) in [6.45, 7) is 3.54. The van der Waals surface area contributed by atoms with Gasteiger partial charge >= 0.3 is 11.9 Å². The number of carboxylic acid groups (broad SMARTS) is 1. The largest absolute Gasteiger partial charge is 0.480 e. The van der Waals surface area contributed by atoms with Crippen molar-refractivity contribution in [1.82, 2.24) is 10.2 Å². The number of fused-ring (bicyclic) bond motifs is 1. The number of aliphatic carboxylic acids is 1. The number of carbonyl (C=O) groups excluding carboxylic acids is 3. The van der Waals surface area contributed by atoms with E-state index in [1.807, 2.05) is 30.3 Å². The minimum atomic E-state index is -1.22. The number of hydrogen-bond donors (Lipinski definition) is 2. The average Bonchev–Trinajstić information content (AvgIpc) is 3.36. The molecule has 32 heavy (non-hydrogen) atoms. The maximum atomic E-state index is 13.1. The lowest BCUT2D eigenvalue weighted by molar-refractivity contribution is -0.161. The van der Waals surface area contributed by atoms with E-state index in [1.165, 1.54) is 28.0 Å². The molecule has 3 heterocycles. The van der Waals surface area contributed by atoms with Gasteiger partial charge in [0.1, 0.15) is 24.1 Å². The zero-order chi connectivity index (χ0) is 23.0. The molecule has 2 saturated heterocycles. The molecule has 2 aliphatic heterocycles. The molecule has 4 atom stereocenters. The zero-order valence-corrected chi connectivity index (χ0v) is 19.0. The topological polar surface area (TPSA) is 113 Å². The van der Waals surface area contributed by atoms with E-state index in [4.69, 9.17) is 4.74 Å². The minimum absolute atomic E-state index is 0.0245. The first-order chi connectivity index (χ1) is 15.2. The normalized spacial score (nSPS) is 24.2. The molecular weight excluding hydrogens is 452 g/mol. The van der Waals surface area contributed by atoms with Gasteiger partial charge in [0.15, 0.2) is 5.92 Å². The molecule has 0 bridgehead atoms. The van der Waals surface area contributed by atoms with E-state index in [2.05, 4.69) is 5.32 Å². The summed E-state index contributed by atoms with van der Waals surface area (Å²) in [6.07, 6.45) is 0. The van der Waals surface area contributed by atoms with Crippen LogP contribution in [0.4, 0.5) is 0 Å². The third-order valence-electron chi connectivity index (χ3n) is 5.57. The van der Waals surface area contributed by atoms with Crippen molar-refractivity contribution in [2.24, 2.45) is 0 Å². The summed E-state index contributed by atoms with van der Waals surface area (Å²) in [4.78, 5) is 51.6. The summed E-state index contributed by atoms with van der Waals surface area (Å²) < 4.78 is 4.69. The molecule has 0 aliphatic carbocycles. The number of carboxylic acids is 1. The maximum absolute atomic E-state index is 13.1. The smallest absolute Gasteiger partial charge is 0.327 e. The Labute approximate surface area is 192 Å². The van der Waals surface area contributed by atoms with Crippen molar-refractivity contribution in [2.75, 3.05) is 0 Å². The predicted octanol–water partition coefficient (Wildman–Crippen LogP) is 2.21. The third-order valence-corrected chi connectivity index (χ3v) is 7.84. The van der Waals surface area contributed by atoms with Crippen LogP contribution in [0.3, 0.4) is 0 Å². The number of amides is 2. The molecule has 1 aromatic heterocycles. The third kappa shape index (κ3) is 4.00. The van der Waals surface area contributed by atoms with Gasteiger partial charge in [-0.25, -0.2) is 4.79 Å². The second-order valence-electron chi connectivity index (χ2n) is 8.17. The van der Waals surface area contributed by atoms with Crippen LogP contribution in [-0.2, 0) is 30.5 Å². The number of carbonyl (C=O) groups is 4. The van der Waals surface area contributed by atoms with Gasteiger partial charge in [-0.3, -0.25) is 14.4 Å². The Kier molecular flexibility index (Phi) is 6.00. The highest BCUT2D eigenvalue weighted by atomic mass is 32.2. The summed E-state index contributed by atoms with van der Waals surface area (Å²) in [5, 5.41) is 15.2. The van der Waals surface area contributed by atoms with Crippen molar-refractivity contribution in [3.63, 3.8) is 0 Å². The average molecular weight is 475 g/mol. The van der Waals surface area contributed by atoms with Crippen LogP contribution >= 0.6 is 23.1 Å². The van der Waals surface area contributed by atoms with E-state index < -0.39 is 51.9 Å². The molecule has 0 radical (unpaired) electrons. The van der Waals surface area contributed by atoms with E-state index in [0.29, 0.717) is 5.56 Å². The van der Waals surface area contributed by atoms with E-state index >= 15 is 0 Å². The molecule has 0 spiro atoms. The fourth-order valence-electron chi connectivity index (χ4n) is 4.03. The fourth-order valence-corrected chi connectivity index (χ4v) is 6.34. The lowest BCUT2D eigenvalue weighted by atomic mass is 9.95. The number of thiophene rings is 1. The Morgan fingerprint density at radius 3 is 2.56 bits per heavy atom. The van der Waals surface area contributed by atoms with E-state index in [1.54, 1.807) is 30.7 Å². The molecule has 10 heteroatoms. The Morgan fingerprint density at radius 1 is 1.22 bits per heavy atom. The van der Waals surface area contributed by atoms with Crippen molar-refractivity contribution in [3.05, 3.63) is 58.3 Å². The summed E-state index contributed by atoms with van der Waals surface area (Å²) in [5.41, 5.74) is 1.27. The number of β-lactam (4-membered cyclic amide) rings is 1. The molecule has 2 aromatic rings. The number of nitrogens with one attached hydrogen (secondary N) is 1. The lowest BCUT2D eigenvalue weighted by Crippen LogP contribution is -2.71. The number of esters is 1. The molecular formula is C22H22N2O6S2. The first-order valence-electron chi connectivity index (χ1n) is 9.96. The van der Waals surface area contributed by atoms with Crippen LogP contribution < -0.4 is 5.32 Å². The second-order valence-corrected chi connectivity index (χ2v) is 10.7. The fraction of sp³-hybridized carbons (Fsp3) is 0.364. The number of benzene rings is 1. The van der Waals surface area contributed by atoms with E-state index in [0.717, 1.165) is 5.56 Å². The predicted molar refractivity (Wildman–Crippen MR) is 119 cm³/mol. The van der Waals surface area contributed by atoms with Gasteiger partial charge in [-0.15, -0.1) is 11.8 Å². The first-order valence-corrected chi connectivity index (χ1v) is 11.8. The summed E-state index contributed by atoms with van der Waals surface area (Å²) in [7, 11) is 0. The standard InChI is InChI=1S/C22H22N2O6S2/c1-22(2)16(20(27)28)24-18(26)15(19(24)32-22)23-17(25)14(13-8-9-31-11-13)21(29)30-10-12-6-4-3-5-7-12/h3-9,11,14-16,19H,10H2,1-2H3,(H,23,25)(H,27,28)/t14?,15-,16-,19+/m0/s1. The van der Waals surface area contributed by atoms with Crippen LogP contribution in [0.2, 0.25) is 0 Å². The van der Waals surface area contributed by atoms with E-state index in [-0.39, 0.29) is 6.61 Å². The van der Waals surface area contributed by atoms with Gasteiger partial charge in [-0.05, 0) is 41.8 Å². The van der Waals surface area contributed by atoms with Gasteiger partial charge < -0.3 is 20.1 Å². The van der Waals surface area contributed by atoms with Crippen LogP contribution in [0, 0.1) is 0 Å². The number of hydrogen-bond acceptors (Lipinski definition) is 7. The second kappa shape index (κ2) is 8.59.